The van der Waals surface area contributed by atoms with Gasteiger partial charge >= 0.3 is 0 Å². The highest BCUT2D eigenvalue weighted by molar-refractivity contribution is 6.30. The van der Waals surface area contributed by atoms with Crippen molar-refractivity contribution >= 4 is 40.7 Å². The molecule has 0 bridgehead atoms. The lowest BCUT2D eigenvalue weighted by Crippen LogP contribution is -2.39. The van der Waals surface area contributed by atoms with E-state index in [4.69, 9.17) is 17.3 Å². The number of carbonyl (C=O) groups is 3. The van der Waals surface area contributed by atoms with E-state index in [1.807, 2.05) is 24.3 Å². The average molecular weight is 507 g/mol. The molecule has 1 fully saturated rings. The molecule has 2 aromatic carbocycles. The van der Waals surface area contributed by atoms with Gasteiger partial charge in [0.1, 0.15) is 5.69 Å². The molecular formula is C26H27ClN6O3. The minimum Gasteiger partial charge on any atom is -0.364 e. The molecule has 2 N–H and O–H groups in total. The van der Waals surface area contributed by atoms with E-state index in [2.05, 4.69) is 10.00 Å². The number of halogens is 1. The highest BCUT2D eigenvalue weighted by atomic mass is 35.5. The molecule has 0 unspecified atom stereocenters. The standard InChI is InChI=1S/C26H27ClN6O3/c1-30(22(34)16-31-12-2-3-13-31)18-7-9-19(10-8-18)32-14-11-21-23(25(28)35)29-33(24(21)26(32)36)20-6-4-5-17(27)15-20/h4-10,15H,2-3,11-14,16H2,1H3,(H2,28,35). The monoisotopic (exact) mass is 506 g/mol. The molecule has 3 heterocycles. The number of aromatic nitrogens is 2. The molecule has 2 aliphatic rings. The number of likely N-dealkylation sites (tertiary alicyclic amines) is 1. The van der Waals surface area contributed by atoms with Crippen LogP contribution in [0.25, 0.3) is 5.69 Å². The van der Waals surface area contributed by atoms with E-state index in [0.29, 0.717) is 47.2 Å². The summed E-state index contributed by atoms with van der Waals surface area (Å²) >= 11 is 6.16. The van der Waals surface area contributed by atoms with E-state index in [-0.39, 0.29) is 17.5 Å². The zero-order valence-corrected chi connectivity index (χ0v) is 20.7. The van der Waals surface area contributed by atoms with Gasteiger partial charge in [0.25, 0.3) is 11.8 Å². The number of amides is 3. The van der Waals surface area contributed by atoms with Crippen molar-refractivity contribution in [2.45, 2.75) is 19.3 Å². The van der Waals surface area contributed by atoms with E-state index >= 15 is 0 Å². The van der Waals surface area contributed by atoms with Gasteiger partial charge in [-0.1, -0.05) is 17.7 Å². The minimum absolute atomic E-state index is 0.0349. The summed E-state index contributed by atoms with van der Waals surface area (Å²) in [5.41, 5.74) is 8.50. The number of rotatable bonds is 6. The number of benzene rings is 2. The van der Waals surface area contributed by atoms with Crippen LogP contribution in [0.3, 0.4) is 0 Å². The fraction of sp³-hybridized carbons (Fsp3) is 0.308. The first-order valence-corrected chi connectivity index (χ1v) is 12.3. The molecule has 10 heteroatoms. The molecule has 0 radical (unpaired) electrons. The van der Waals surface area contributed by atoms with Gasteiger partial charge in [0.05, 0.1) is 12.2 Å². The first kappa shape index (κ1) is 24.0. The third-order valence-electron chi connectivity index (χ3n) is 6.78. The normalized spacial score (nSPS) is 15.7. The van der Waals surface area contributed by atoms with Gasteiger partial charge in [-0.05, 0) is 74.8 Å². The van der Waals surface area contributed by atoms with Crippen LogP contribution in [-0.4, -0.2) is 65.6 Å². The average Bonchev–Trinajstić information content (AvgIpc) is 3.52. The van der Waals surface area contributed by atoms with Gasteiger partial charge in [-0.15, -0.1) is 0 Å². The molecule has 0 atom stereocenters. The SMILES string of the molecule is CN(C(=O)CN1CCCC1)c1ccc(N2CCc3c(C(N)=O)nn(-c4cccc(Cl)c4)c3C2=O)cc1. The lowest BCUT2D eigenvalue weighted by molar-refractivity contribution is -0.119. The first-order valence-electron chi connectivity index (χ1n) is 11.9. The van der Waals surface area contributed by atoms with Gasteiger partial charge in [-0.3, -0.25) is 19.3 Å². The van der Waals surface area contributed by atoms with Crippen LogP contribution in [0, 0.1) is 0 Å². The molecule has 0 aliphatic carbocycles. The molecule has 186 valence electrons. The summed E-state index contributed by atoms with van der Waals surface area (Å²) < 4.78 is 1.44. The second-order valence-electron chi connectivity index (χ2n) is 9.09. The van der Waals surface area contributed by atoms with Gasteiger partial charge in [0, 0.05) is 35.6 Å². The second kappa shape index (κ2) is 9.75. The number of anilines is 2. The summed E-state index contributed by atoms with van der Waals surface area (Å²) in [6.07, 6.45) is 2.69. The van der Waals surface area contributed by atoms with Gasteiger partial charge in [-0.25, -0.2) is 4.68 Å². The molecular weight excluding hydrogens is 480 g/mol. The number of primary amides is 1. The third-order valence-corrected chi connectivity index (χ3v) is 7.02. The Morgan fingerprint density at radius 1 is 1.06 bits per heavy atom. The van der Waals surface area contributed by atoms with Gasteiger partial charge in [0.2, 0.25) is 5.91 Å². The Morgan fingerprint density at radius 3 is 2.44 bits per heavy atom. The molecule has 36 heavy (non-hydrogen) atoms. The number of nitrogens with two attached hydrogens (primary N) is 1. The molecule has 5 rings (SSSR count). The molecule has 1 aromatic heterocycles. The van der Waals surface area contributed by atoms with Crippen molar-refractivity contribution in [3.63, 3.8) is 0 Å². The van der Waals surface area contributed by atoms with Crippen LogP contribution < -0.4 is 15.5 Å². The summed E-state index contributed by atoms with van der Waals surface area (Å²) in [7, 11) is 1.76. The Balaban J connectivity index is 1.41. The van der Waals surface area contributed by atoms with Crippen molar-refractivity contribution in [1.82, 2.24) is 14.7 Å². The number of hydrogen-bond acceptors (Lipinski definition) is 5. The predicted molar refractivity (Wildman–Crippen MR) is 138 cm³/mol. The van der Waals surface area contributed by atoms with Crippen LogP contribution in [0.1, 0.15) is 39.4 Å². The van der Waals surface area contributed by atoms with Crippen molar-refractivity contribution in [3.8, 4) is 5.69 Å². The lowest BCUT2D eigenvalue weighted by Gasteiger charge is -2.28. The predicted octanol–water partition coefficient (Wildman–Crippen LogP) is 2.89. The summed E-state index contributed by atoms with van der Waals surface area (Å²) in [5.74, 6) is -0.936. The molecule has 1 saturated heterocycles. The van der Waals surface area contributed by atoms with Crippen molar-refractivity contribution < 1.29 is 14.4 Å². The van der Waals surface area contributed by atoms with E-state index in [1.165, 1.54) is 4.68 Å². The number of likely N-dealkylation sites (N-methyl/N-ethyl adjacent to an activating group) is 1. The van der Waals surface area contributed by atoms with Crippen LogP contribution in [0.4, 0.5) is 11.4 Å². The zero-order chi connectivity index (χ0) is 25.4. The van der Waals surface area contributed by atoms with Crippen molar-refractivity contribution in [2.75, 3.05) is 43.0 Å². The summed E-state index contributed by atoms with van der Waals surface area (Å²) in [6.45, 7) is 2.69. The zero-order valence-electron chi connectivity index (χ0n) is 20.0. The molecule has 3 aromatic rings. The van der Waals surface area contributed by atoms with Gasteiger partial charge in [-0.2, -0.15) is 5.10 Å². The molecule has 2 aliphatic heterocycles. The maximum atomic E-state index is 13.7. The number of hydrogen-bond donors (Lipinski definition) is 1. The Labute approximate surface area is 214 Å². The van der Waals surface area contributed by atoms with E-state index in [9.17, 15) is 14.4 Å². The fourth-order valence-electron chi connectivity index (χ4n) is 4.84. The molecule has 0 spiro atoms. The van der Waals surface area contributed by atoms with Gasteiger partial charge < -0.3 is 15.5 Å². The molecule has 3 amide bonds. The highest BCUT2D eigenvalue weighted by Crippen LogP contribution is 2.30. The van der Waals surface area contributed by atoms with E-state index < -0.39 is 5.91 Å². The second-order valence-corrected chi connectivity index (χ2v) is 9.53. The highest BCUT2D eigenvalue weighted by Gasteiger charge is 2.34. The Bertz CT molecular complexity index is 1330. The number of carbonyl (C=O) groups excluding carboxylic acids is 3. The molecule has 9 nitrogen and oxygen atoms in total. The fourth-order valence-corrected chi connectivity index (χ4v) is 5.02. The Hall–Kier alpha value is -3.69. The first-order chi connectivity index (χ1) is 17.3. The largest absolute Gasteiger partial charge is 0.364 e. The minimum atomic E-state index is -0.681. The van der Waals surface area contributed by atoms with E-state index in [1.54, 1.807) is 41.1 Å². The summed E-state index contributed by atoms with van der Waals surface area (Å²) in [6, 6.07) is 14.2. The summed E-state index contributed by atoms with van der Waals surface area (Å²) in [4.78, 5) is 43.9. The quantitative estimate of drug-likeness (QED) is 0.553. The Morgan fingerprint density at radius 2 is 1.78 bits per heavy atom. The van der Waals surface area contributed by atoms with Crippen LogP contribution in [0.15, 0.2) is 48.5 Å². The van der Waals surface area contributed by atoms with Crippen molar-refractivity contribution in [2.24, 2.45) is 5.73 Å². The van der Waals surface area contributed by atoms with Crippen LogP contribution >= 0.6 is 11.6 Å². The lowest BCUT2D eigenvalue weighted by atomic mass is 10.0. The van der Waals surface area contributed by atoms with Crippen molar-refractivity contribution in [3.05, 3.63) is 70.5 Å². The van der Waals surface area contributed by atoms with Crippen LogP contribution in [0.5, 0.6) is 0 Å². The van der Waals surface area contributed by atoms with Crippen LogP contribution in [-0.2, 0) is 11.2 Å². The maximum Gasteiger partial charge on any atom is 0.277 e. The maximum absolute atomic E-state index is 13.7. The van der Waals surface area contributed by atoms with Gasteiger partial charge in [0.15, 0.2) is 5.69 Å². The topological polar surface area (TPSA) is 105 Å². The smallest absolute Gasteiger partial charge is 0.277 e. The molecule has 0 saturated carbocycles. The summed E-state index contributed by atoms with van der Waals surface area (Å²) in [5, 5.41) is 4.85. The van der Waals surface area contributed by atoms with Crippen molar-refractivity contribution in [1.29, 1.82) is 0 Å². The van der Waals surface area contributed by atoms with Crippen LogP contribution in [0.2, 0.25) is 5.02 Å². The Kier molecular flexibility index (Phi) is 6.51. The van der Waals surface area contributed by atoms with E-state index in [0.717, 1.165) is 31.6 Å². The number of fused-ring (bicyclic) bond motifs is 1. The third kappa shape index (κ3) is 4.47. The number of nitrogens with zero attached hydrogens (tertiary/aromatic N) is 5.